The summed E-state index contributed by atoms with van der Waals surface area (Å²) in [5.41, 5.74) is 22.2. The van der Waals surface area contributed by atoms with Crippen LogP contribution in [0.25, 0.3) is 111 Å². The van der Waals surface area contributed by atoms with Crippen LogP contribution in [0.1, 0.15) is 0 Å². The molecule has 1 heteroatoms. The van der Waals surface area contributed by atoms with Crippen molar-refractivity contribution in [3.63, 3.8) is 0 Å². The minimum absolute atomic E-state index is 1.07. The molecule has 0 fully saturated rings. The summed E-state index contributed by atoms with van der Waals surface area (Å²) >= 11 is 0. The normalized spacial score (nSPS) is 11.2. The van der Waals surface area contributed by atoms with Gasteiger partial charge < -0.3 is 4.90 Å². The summed E-state index contributed by atoms with van der Waals surface area (Å²) in [5, 5.41) is 4.99. The summed E-state index contributed by atoms with van der Waals surface area (Å²) < 4.78 is 0. The molecule has 0 N–H and O–H groups in total. The summed E-state index contributed by atoms with van der Waals surface area (Å²) in [6.07, 6.45) is 0. The highest BCUT2D eigenvalue weighted by atomic mass is 15.1. The average molecular weight is 954 g/mol. The lowest BCUT2D eigenvalue weighted by molar-refractivity contribution is 1.28. The number of hydrogen-bond donors (Lipinski definition) is 0. The molecule has 13 aromatic rings. The zero-order valence-corrected chi connectivity index (χ0v) is 41.4. The van der Waals surface area contributed by atoms with Crippen molar-refractivity contribution in [2.24, 2.45) is 0 Å². The van der Waals surface area contributed by atoms with Crippen molar-refractivity contribution in [2.45, 2.75) is 0 Å². The maximum absolute atomic E-state index is 2.41. The first kappa shape index (κ1) is 45.1. The van der Waals surface area contributed by atoms with Crippen LogP contribution in [0.4, 0.5) is 17.1 Å². The maximum Gasteiger partial charge on any atom is 0.0473 e. The predicted octanol–water partition coefficient (Wildman–Crippen LogP) is 20.8. The van der Waals surface area contributed by atoms with Gasteiger partial charge in [-0.2, -0.15) is 0 Å². The largest absolute Gasteiger partial charge is 0.310 e. The Bertz CT molecular complexity index is 4040. The maximum atomic E-state index is 2.41. The van der Waals surface area contributed by atoms with Gasteiger partial charge in [-0.15, -0.1) is 0 Å². The van der Waals surface area contributed by atoms with Gasteiger partial charge in [-0.3, -0.25) is 0 Å². The zero-order chi connectivity index (χ0) is 49.9. The summed E-state index contributed by atoms with van der Waals surface area (Å²) in [6.45, 7) is 0. The molecule has 0 saturated carbocycles. The molecule has 0 heterocycles. The second kappa shape index (κ2) is 20.0. The van der Waals surface area contributed by atoms with E-state index in [0.29, 0.717) is 0 Å². The first-order chi connectivity index (χ1) is 37.2. The lowest BCUT2D eigenvalue weighted by Crippen LogP contribution is -2.10. The lowest BCUT2D eigenvalue weighted by Gasteiger charge is -2.27. The Balaban J connectivity index is 0.960. The van der Waals surface area contributed by atoms with Crippen LogP contribution in [0.3, 0.4) is 0 Å². The molecule has 0 bridgehead atoms. The molecule has 13 aromatic carbocycles. The Labute approximate surface area is 439 Å². The number of anilines is 3. The van der Waals surface area contributed by atoms with Crippen LogP contribution in [0.2, 0.25) is 0 Å². The minimum atomic E-state index is 1.07. The standard InChI is InChI=1S/C74H51N/c1-7-21-52(22-8-1)60-39-45-67(71(50-60)56-27-13-4-14-28-56)57-37-43-65(44-38-57)75(66-48-62(53-23-9-2-10-24-53)47-63(49-66)54-25-11-3-12-26-54)64-41-35-55(36-42-64)61-40-46-69-68-33-19-20-34-70(68)73(58-29-15-5-16-30-58)74(72(69)51-61)59-31-17-6-18-32-59/h1-51H. The Morgan fingerprint density at radius 1 is 0.160 bits per heavy atom. The fourth-order valence-corrected chi connectivity index (χ4v) is 11.0. The Hall–Kier alpha value is -9.82. The van der Waals surface area contributed by atoms with E-state index in [9.17, 15) is 0 Å². The molecule has 0 unspecified atom stereocenters. The Morgan fingerprint density at radius 3 is 1.03 bits per heavy atom. The number of fused-ring (bicyclic) bond motifs is 3. The molecule has 75 heavy (non-hydrogen) atoms. The predicted molar refractivity (Wildman–Crippen MR) is 320 cm³/mol. The van der Waals surface area contributed by atoms with Crippen LogP contribution in [0.5, 0.6) is 0 Å². The van der Waals surface area contributed by atoms with Crippen LogP contribution in [0, 0.1) is 0 Å². The van der Waals surface area contributed by atoms with E-state index in [1.54, 1.807) is 0 Å². The van der Waals surface area contributed by atoms with Gasteiger partial charge in [-0.1, -0.05) is 255 Å². The summed E-state index contributed by atoms with van der Waals surface area (Å²) in [7, 11) is 0. The van der Waals surface area contributed by atoms with Gasteiger partial charge in [-0.05, 0) is 165 Å². The van der Waals surface area contributed by atoms with Crippen molar-refractivity contribution in [3.8, 4) is 89.0 Å². The van der Waals surface area contributed by atoms with E-state index in [1.165, 1.54) is 88.3 Å². The van der Waals surface area contributed by atoms with Crippen molar-refractivity contribution < 1.29 is 0 Å². The molecule has 0 aliphatic rings. The van der Waals surface area contributed by atoms with Gasteiger partial charge in [0, 0.05) is 17.1 Å². The van der Waals surface area contributed by atoms with Crippen molar-refractivity contribution in [3.05, 3.63) is 309 Å². The van der Waals surface area contributed by atoms with Crippen molar-refractivity contribution in [1.29, 1.82) is 0 Å². The molecule has 0 spiro atoms. The highest BCUT2D eigenvalue weighted by Gasteiger charge is 2.20. The van der Waals surface area contributed by atoms with E-state index in [2.05, 4.69) is 314 Å². The van der Waals surface area contributed by atoms with E-state index >= 15 is 0 Å². The molecule has 0 aromatic heterocycles. The van der Waals surface area contributed by atoms with E-state index in [-0.39, 0.29) is 0 Å². The third-order valence-electron chi connectivity index (χ3n) is 14.6. The van der Waals surface area contributed by atoms with E-state index < -0.39 is 0 Å². The molecular formula is C74H51N. The molecule has 1 nitrogen and oxygen atoms in total. The fourth-order valence-electron chi connectivity index (χ4n) is 11.0. The number of rotatable bonds is 11. The highest BCUT2D eigenvalue weighted by molar-refractivity contribution is 6.22. The molecule has 0 amide bonds. The topological polar surface area (TPSA) is 3.24 Å². The average Bonchev–Trinajstić information content (AvgIpc) is 3.50. The molecule has 0 aliphatic heterocycles. The number of hydrogen-bond acceptors (Lipinski definition) is 1. The van der Waals surface area contributed by atoms with Crippen molar-refractivity contribution >= 4 is 38.6 Å². The molecule has 0 radical (unpaired) electrons. The highest BCUT2D eigenvalue weighted by Crippen LogP contribution is 2.47. The van der Waals surface area contributed by atoms with Gasteiger partial charge in [0.1, 0.15) is 0 Å². The van der Waals surface area contributed by atoms with Crippen molar-refractivity contribution in [1.82, 2.24) is 0 Å². The van der Waals surface area contributed by atoms with E-state index in [4.69, 9.17) is 0 Å². The monoisotopic (exact) mass is 953 g/mol. The zero-order valence-electron chi connectivity index (χ0n) is 41.4. The molecular weight excluding hydrogens is 903 g/mol. The van der Waals surface area contributed by atoms with Crippen LogP contribution in [0.15, 0.2) is 309 Å². The van der Waals surface area contributed by atoms with Crippen LogP contribution >= 0.6 is 0 Å². The summed E-state index contributed by atoms with van der Waals surface area (Å²) in [4.78, 5) is 2.41. The van der Waals surface area contributed by atoms with Crippen LogP contribution in [-0.2, 0) is 0 Å². The van der Waals surface area contributed by atoms with Crippen LogP contribution < -0.4 is 4.90 Å². The summed E-state index contributed by atoms with van der Waals surface area (Å²) in [5.74, 6) is 0. The SMILES string of the molecule is c1ccc(-c2cc(-c3ccccc3)cc(N(c3ccc(-c4ccc5c(c4)c(-c4ccccc4)c(-c4ccccc4)c4ccccc45)cc3)c3ccc(-c4ccc(-c5ccccc5)cc4-c4ccccc4)cc3)c2)cc1. The molecule has 13 rings (SSSR count). The second-order valence-corrected chi connectivity index (χ2v) is 19.2. The number of benzene rings is 13. The molecule has 0 atom stereocenters. The smallest absolute Gasteiger partial charge is 0.0473 e. The van der Waals surface area contributed by atoms with Gasteiger partial charge in [0.25, 0.3) is 0 Å². The Kier molecular flexibility index (Phi) is 12.0. The Morgan fingerprint density at radius 2 is 0.507 bits per heavy atom. The lowest BCUT2D eigenvalue weighted by atomic mass is 9.84. The van der Waals surface area contributed by atoms with Gasteiger partial charge in [0.15, 0.2) is 0 Å². The first-order valence-electron chi connectivity index (χ1n) is 25.8. The molecule has 0 aliphatic carbocycles. The van der Waals surface area contributed by atoms with Crippen molar-refractivity contribution in [2.75, 3.05) is 4.90 Å². The van der Waals surface area contributed by atoms with E-state index in [1.807, 2.05) is 0 Å². The van der Waals surface area contributed by atoms with E-state index in [0.717, 1.165) is 39.3 Å². The van der Waals surface area contributed by atoms with Gasteiger partial charge in [0.2, 0.25) is 0 Å². The van der Waals surface area contributed by atoms with Gasteiger partial charge >= 0.3 is 0 Å². The quantitative estimate of drug-likeness (QED) is 0.117. The second-order valence-electron chi connectivity index (χ2n) is 19.2. The molecule has 0 saturated heterocycles. The third kappa shape index (κ3) is 8.88. The fraction of sp³-hybridized carbons (Fsp3) is 0. The minimum Gasteiger partial charge on any atom is -0.310 e. The summed E-state index contributed by atoms with van der Waals surface area (Å²) in [6, 6.07) is 113. The number of nitrogens with zero attached hydrogens (tertiary/aromatic N) is 1. The third-order valence-corrected chi connectivity index (χ3v) is 14.6. The van der Waals surface area contributed by atoms with Crippen LogP contribution in [-0.4, -0.2) is 0 Å². The van der Waals surface area contributed by atoms with Gasteiger partial charge in [0.05, 0.1) is 0 Å². The first-order valence-corrected chi connectivity index (χ1v) is 25.8. The van der Waals surface area contributed by atoms with Gasteiger partial charge in [-0.25, -0.2) is 0 Å². The molecule has 352 valence electrons.